The molecule has 0 aromatic heterocycles. The molecule has 1 saturated carbocycles. The fraction of sp³-hybridized carbons (Fsp3) is 0.538. The van der Waals surface area contributed by atoms with Crippen molar-refractivity contribution in [1.29, 1.82) is 0 Å². The van der Waals surface area contributed by atoms with E-state index < -0.39 is 23.9 Å². The van der Waals surface area contributed by atoms with Crippen LogP contribution < -0.4 is 0 Å². The van der Waals surface area contributed by atoms with Crippen molar-refractivity contribution in [1.82, 2.24) is 0 Å². The summed E-state index contributed by atoms with van der Waals surface area (Å²) in [5.74, 6) is 0.614. The zero-order chi connectivity index (χ0) is 22.2. The Morgan fingerprint density at radius 3 is 2.29 bits per heavy atom. The molecule has 0 radical (unpaired) electrons. The Morgan fingerprint density at radius 1 is 1.00 bits per heavy atom. The smallest absolute Gasteiger partial charge is 0.110 e. The minimum Gasteiger partial charge on any atom is -0.394 e. The third kappa shape index (κ3) is 5.54. The van der Waals surface area contributed by atoms with Crippen molar-refractivity contribution in [2.45, 2.75) is 81.9 Å². The maximum atomic E-state index is 10.2. The lowest BCUT2D eigenvalue weighted by molar-refractivity contribution is -0.181. The number of rotatable bonds is 7. The number of ether oxygens (including phenoxy) is 1. The summed E-state index contributed by atoms with van der Waals surface area (Å²) in [5, 5.41) is 39.8. The zero-order valence-corrected chi connectivity index (χ0v) is 18.4. The van der Waals surface area contributed by atoms with Gasteiger partial charge in [0, 0.05) is 12.8 Å². The van der Waals surface area contributed by atoms with Crippen molar-refractivity contribution in [2.24, 2.45) is 0 Å². The Bertz CT molecular complexity index is 882. The molecule has 0 bridgehead atoms. The molecule has 2 fully saturated rings. The Balaban J connectivity index is 1.55. The van der Waals surface area contributed by atoms with Gasteiger partial charge in [0.1, 0.15) is 12.2 Å². The predicted octanol–water partition coefficient (Wildman–Crippen LogP) is 3.01. The SMILES string of the molecule is CC(C)(O)Cc1ccc(Cc2cc([C@H]3C[C@@H](O)[C@H](O)[C@@H](CO)O3)ccc2C2CC2)cc1. The van der Waals surface area contributed by atoms with Gasteiger partial charge in [0.05, 0.1) is 24.4 Å². The van der Waals surface area contributed by atoms with Crippen molar-refractivity contribution >= 4 is 0 Å². The first-order valence-corrected chi connectivity index (χ1v) is 11.3. The number of aliphatic hydroxyl groups excluding tert-OH is 3. The largest absolute Gasteiger partial charge is 0.394 e. The van der Waals surface area contributed by atoms with Gasteiger partial charge < -0.3 is 25.2 Å². The highest BCUT2D eigenvalue weighted by molar-refractivity contribution is 5.41. The average molecular weight is 427 g/mol. The van der Waals surface area contributed by atoms with Crippen molar-refractivity contribution in [3.63, 3.8) is 0 Å². The van der Waals surface area contributed by atoms with Gasteiger partial charge in [-0.25, -0.2) is 0 Å². The van der Waals surface area contributed by atoms with Crippen molar-refractivity contribution in [2.75, 3.05) is 6.61 Å². The van der Waals surface area contributed by atoms with Gasteiger partial charge in [-0.15, -0.1) is 0 Å². The number of hydrogen-bond acceptors (Lipinski definition) is 5. The van der Waals surface area contributed by atoms with Crippen LogP contribution in [-0.2, 0) is 17.6 Å². The van der Waals surface area contributed by atoms with E-state index in [1.165, 1.54) is 29.5 Å². The lowest BCUT2D eigenvalue weighted by Crippen LogP contribution is -2.47. The van der Waals surface area contributed by atoms with Gasteiger partial charge in [-0.1, -0.05) is 42.5 Å². The van der Waals surface area contributed by atoms with Crippen LogP contribution >= 0.6 is 0 Å². The molecule has 4 N–H and O–H groups in total. The molecule has 168 valence electrons. The minimum absolute atomic E-state index is 0.311. The van der Waals surface area contributed by atoms with Crippen molar-refractivity contribution in [3.8, 4) is 0 Å². The summed E-state index contributed by atoms with van der Waals surface area (Å²) in [7, 11) is 0. The predicted molar refractivity (Wildman–Crippen MR) is 119 cm³/mol. The van der Waals surface area contributed by atoms with E-state index in [-0.39, 0.29) is 12.7 Å². The molecule has 2 aromatic carbocycles. The molecule has 4 rings (SSSR count). The van der Waals surface area contributed by atoms with E-state index in [1.807, 2.05) is 13.8 Å². The summed E-state index contributed by atoms with van der Waals surface area (Å²) >= 11 is 0. The maximum Gasteiger partial charge on any atom is 0.110 e. The molecule has 5 nitrogen and oxygen atoms in total. The van der Waals surface area contributed by atoms with Gasteiger partial charge in [0.2, 0.25) is 0 Å². The molecule has 1 saturated heterocycles. The van der Waals surface area contributed by atoms with Crippen LogP contribution in [0.2, 0.25) is 0 Å². The molecule has 4 atom stereocenters. The normalized spacial score (nSPS) is 26.8. The van der Waals surface area contributed by atoms with E-state index in [1.54, 1.807) is 0 Å². The average Bonchev–Trinajstić information content (AvgIpc) is 3.55. The molecule has 2 aromatic rings. The summed E-state index contributed by atoms with van der Waals surface area (Å²) in [5.41, 5.74) is 5.22. The van der Waals surface area contributed by atoms with Crippen LogP contribution in [0.15, 0.2) is 42.5 Å². The summed E-state index contributed by atoms with van der Waals surface area (Å²) in [4.78, 5) is 0. The van der Waals surface area contributed by atoms with Crippen LogP contribution in [-0.4, -0.2) is 50.9 Å². The van der Waals surface area contributed by atoms with E-state index in [0.29, 0.717) is 18.8 Å². The number of benzene rings is 2. The summed E-state index contributed by atoms with van der Waals surface area (Å²) in [6, 6.07) is 14.8. The van der Waals surface area contributed by atoms with Crippen LogP contribution in [0.3, 0.4) is 0 Å². The van der Waals surface area contributed by atoms with Gasteiger partial charge in [-0.2, -0.15) is 0 Å². The van der Waals surface area contributed by atoms with E-state index >= 15 is 0 Å². The topological polar surface area (TPSA) is 90.2 Å². The molecular formula is C26H34O5. The minimum atomic E-state index is -1.06. The standard InChI is InChI=1S/C26H34O5/c1-26(2,30)14-17-5-3-16(4-6-17)11-20-12-19(9-10-21(20)18-7-8-18)23-13-22(28)25(29)24(15-27)31-23/h3-6,9-10,12,18,22-25,27-30H,7-8,11,13-15H2,1-2H3/t22-,23-,24-,25+/m1/s1. The van der Waals surface area contributed by atoms with Crippen LogP contribution in [0.1, 0.15) is 72.9 Å². The third-order valence-corrected chi connectivity index (χ3v) is 6.36. The fourth-order valence-electron chi connectivity index (χ4n) is 4.59. The van der Waals surface area contributed by atoms with Crippen LogP contribution in [0.4, 0.5) is 0 Å². The highest BCUT2D eigenvalue weighted by atomic mass is 16.5. The monoisotopic (exact) mass is 426 g/mol. The number of aliphatic hydroxyl groups is 4. The van der Waals surface area contributed by atoms with Gasteiger partial charge in [-0.05, 0) is 66.8 Å². The van der Waals surface area contributed by atoms with Crippen molar-refractivity contribution < 1.29 is 25.2 Å². The van der Waals surface area contributed by atoms with E-state index in [9.17, 15) is 20.4 Å². The van der Waals surface area contributed by atoms with Gasteiger partial charge in [-0.3, -0.25) is 0 Å². The van der Waals surface area contributed by atoms with Crippen LogP contribution in [0, 0.1) is 0 Å². The molecule has 2 aliphatic rings. The molecule has 1 aliphatic heterocycles. The van der Waals surface area contributed by atoms with E-state index in [0.717, 1.165) is 17.5 Å². The molecule has 1 aliphatic carbocycles. The van der Waals surface area contributed by atoms with Gasteiger partial charge >= 0.3 is 0 Å². The van der Waals surface area contributed by atoms with E-state index in [4.69, 9.17) is 4.74 Å². The molecule has 0 amide bonds. The molecule has 31 heavy (non-hydrogen) atoms. The summed E-state index contributed by atoms with van der Waals surface area (Å²) in [6.07, 6.45) is 1.08. The Morgan fingerprint density at radius 2 is 1.68 bits per heavy atom. The second-order valence-corrected chi connectivity index (χ2v) is 9.85. The number of hydrogen-bond donors (Lipinski definition) is 4. The lowest BCUT2D eigenvalue weighted by Gasteiger charge is -2.36. The highest BCUT2D eigenvalue weighted by Crippen LogP contribution is 2.43. The first-order chi connectivity index (χ1) is 14.7. The van der Waals surface area contributed by atoms with Crippen LogP contribution in [0.25, 0.3) is 0 Å². The molecule has 0 spiro atoms. The second kappa shape index (κ2) is 9.00. The first-order valence-electron chi connectivity index (χ1n) is 11.3. The first kappa shape index (κ1) is 22.4. The Kier molecular flexibility index (Phi) is 6.52. The Labute approximate surface area is 184 Å². The van der Waals surface area contributed by atoms with E-state index in [2.05, 4.69) is 42.5 Å². The second-order valence-electron chi connectivity index (χ2n) is 9.85. The third-order valence-electron chi connectivity index (χ3n) is 6.36. The maximum absolute atomic E-state index is 10.2. The fourth-order valence-corrected chi connectivity index (χ4v) is 4.59. The van der Waals surface area contributed by atoms with Crippen molar-refractivity contribution in [3.05, 3.63) is 70.3 Å². The van der Waals surface area contributed by atoms with Gasteiger partial charge in [0.15, 0.2) is 0 Å². The molecule has 1 heterocycles. The quantitative estimate of drug-likeness (QED) is 0.547. The molecule has 5 heteroatoms. The highest BCUT2D eigenvalue weighted by Gasteiger charge is 2.37. The lowest BCUT2D eigenvalue weighted by atomic mass is 9.89. The Hall–Kier alpha value is -1.76. The summed E-state index contributed by atoms with van der Waals surface area (Å²) in [6.45, 7) is 3.32. The summed E-state index contributed by atoms with van der Waals surface area (Å²) < 4.78 is 5.90. The van der Waals surface area contributed by atoms with Crippen LogP contribution in [0.5, 0.6) is 0 Å². The molecular weight excluding hydrogens is 392 g/mol. The van der Waals surface area contributed by atoms with Gasteiger partial charge in [0.25, 0.3) is 0 Å². The zero-order valence-electron chi connectivity index (χ0n) is 18.4. The molecule has 0 unspecified atom stereocenters.